The van der Waals surface area contributed by atoms with E-state index >= 15 is 0 Å². The fraction of sp³-hybridized carbons (Fsp3) is 0.364. The van der Waals surface area contributed by atoms with Gasteiger partial charge in [0.15, 0.2) is 9.84 Å². The first-order valence-corrected chi connectivity index (χ1v) is 7.04. The Morgan fingerprint density at radius 3 is 2.29 bits per heavy atom. The number of nitrogens with one attached hydrogen (secondary N) is 1. The lowest BCUT2D eigenvalue weighted by molar-refractivity contribution is 0.0951. The molecule has 0 fully saturated rings. The van der Waals surface area contributed by atoms with Gasteiger partial charge in [-0.05, 0) is 31.2 Å². The first-order chi connectivity index (χ1) is 7.80. The van der Waals surface area contributed by atoms with Crippen LogP contribution in [0.1, 0.15) is 17.3 Å². The van der Waals surface area contributed by atoms with Crippen LogP contribution < -0.4 is 11.1 Å². The third-order valence-electron chi connectivity index (χ3n) is 2.13. The molecule has 94 valence electrons. The lowest BCUT2D eigenvalue weighted by Crippen LogP contribution is -2.35. The number of nitrogens with two attached hydrogens (primary N) is 1. The molecule has 1 unspecified atom stereocenters. The van der Waals surface area contributed by atoms with E-state index in [-0.39, 0.29) is 16.8 Å². The van der Waals surface area contributed by atoms with Crippen molar-refractivity contribution in [3.05, 3.63) is 29.8 Å². The van der Waals surface area contributed by atoms with E-state index in [4.69, 9.17) is 5.73 Å². The Morgan fingerprint density at radius 2 is 1.88 bits per heavy atom. The van der Waals surface area contributed by atoms with Gasteiger partial charge >= 0.3 is 0 Å². The number of carbonyl (C=O) groups excluding carboxylic acids is 1. The van der Waals surface area contributed by atoms with Crippen molar-refractivity contribution in [1.29, 1.82) is 0 Å². The van der Waals surface area contributed by atoms with Gasteiger partial charge in [0.05, 0.1) is 4.90 Å². The number of hydrogen-bond acceptors (Lipinski definition) is 4. The highest BCUT2D eigenvalue weighted by Crippen LogP contribution is 2.10. The van der Waals surface area contributed by atoms with Gasteiger partial charge in [-0.1, -0.05) is 0 Å². The molecule has 1 aromatic carbocycles. The Labute approximate surface area is 101 Å². The second-order valence-electron chi connectivity index (χ2n) is 3.98. The van der Waals surface area contributed by atoms with E-state index in [0.29, 0.717) is 12.1 Å². The highest BCUT2D eigenvalue weighted by molar-refractivity contribution is 7.90. The van der Waals surface area contributed by atoms with Gasteiger partial charge in [-0.2, -0.15) is 0 Å². The Bertz CT molecular complexity index is 492. The number of rotatable bonds is 4. The molecular weight excluding hydrogens is 240 g/mol. The zero-order valence-electron chi connectivity index (χ0n) is 9.80. The summed E-state index contributed by atoms with van der Waals surface area (Å²) in [4.78, 5) is 11.8. The van der Waals surface area contributed by atoms with Gasteiger partial charge in [0.25, 0.3) is 5.91 Å². The summed E-state index contributed by atoms with van der Waals surface area (Å²) in [6, 6.07) is 5.67. The zero-order valence-corrected chi connectivity index (χ0v) is 10.6. The predicted octanol–water partition coefficient (Wildman–Crippen LogP) is 0.167. The highest BCUT2D eigenvalue weighted by atomic mass is 32.2. The maximum Gasteiger partial charge on any atom is 0.251 e. The van der Waals surface area contributed by atoms with Crippen LogP contribution in [0.3, 0.4) is 0 Å². The molecule has 1 atom stereocenters. The van der Waals surface area contributed by atoms with Crippen LogP contribution in [0.4, 0.5) is 0 Å². The molecule has 1 rings (SSSR count). The monoisotopic (exact) mass is 256 g/mol. The summed E-state index contributed by atoms with van der Waals surface area (Å²) in [7, 11) is -3.22. The van der Waals surface area contributed by atoms with Crippen LogP contribution in [0.25, 0.3) is 0 Å². The van der Waals surface area contributed by atoms with Crippen molar-refractivity contribution in [3.8, 4) is 0 Å². The lowest BCUT2D eigenvalue weighted by Gasteiger charge is -2.07. The Hall–Kier alpha value is -1.40. The normalized spacial score (nSPS) is 13.1. The first kappa shape index (κ1) is 13.7. The minimum absolute atomic E-state index is 0.116. The summed E-state index contributed by atoms with van der Waals surface area (Å²) < 4.78 is 22.4. The number of benzene rings is 1. The summed E-state index contributed by atoms with van der Waals surface area (Å²) in [5.41, 5.74) is 5.92. The van der Waals surface area contributed by atoms with E-state index in [2.05, 4.69) is 5.32 Å². The molecule has 0 bridgehead atoms. The van der Waals surface area contributed by atoms with E-state index < -0.39 is 9.84 Å². The molecule has 0 aromatic heterocycles. The third kappa shape index (κ3) is 4.16. The minimum atomic E-state index is -3.22. The van der Waals surface area contributed by atoms with Crippen molar-refractivity contribution in [2.45, 2.75) is 17.9 Å². The highest BCUT2D eigenvalue weighted by Gasteiger charge is 2.09. The molecule has 0 heterocycles. The molecule has 5 nitrogen and oxygen atoms in total. The first-order valence-electron chi connectivity index (χ1n) is 5.14. The minimum Gasteiger partial charge on any atom is -0.350 e. The van der Waals surface area contributed by atoms with Crippen molar-refractivity contribution >= 4 is 15.7 Å². The molecule has 1 aromatic rings. The van der Waals surface area contributed by atoms with Crippen LogP contribution in [0, 0.1) is 0 Å². The molecule has 0 saturated carbocycles. The number of amides is 1. The number of sulfone groups is 1. The molecule has 1 amide bonds. The van der Waals surface area contributed by atoms with Gasteiger partial charge < -0.3 is 11.1 Å². The van der Waals surface area contributed by atoms with Crippen LogP contribution in [-0.4, -0.2) is 33.2 Å². The topological polar surface area (TPSA) is 89.3 Å². The van der Waals surface area contributed by atoms with Gasteiger partial charge in [0.2, 0.25) is 0 Å². The zero-order chi connectivity index (χ0) is 13.1. The summed E-state index contributed by atoms with van der Waals surface area (Å²) >= 11 is 0. The summed E-state index contributed by atoms with van der Waals surface area (Å²) in [5.74, 6) is -0.262. The van der Waals surface area contributed by atoms with Crippen molar-refractivity contribution in [2.24, 2.45) is 5.73 Å². The summed E-state index contributed by atoms with van der Waals surface area (Å²) in [5, 5.41) is 2.64. The van der Waals surface area contributed by atoms with Crippen molar-refractivity contribution in [1.82, 2.24) is 5.32 Å². The maximum absolute atomic E-state index is 11.6. The van der Waals surface area contributed by atoms with E-state index in [1.54, 1.807) is 6.92 Å². The van der Waals surface area contributed by atoms with Crippen LogP contribution in [-0.2, 0) is 9.84 Å². The Morgan fingerprint density at radius 1 is 1.35 bits per heavy atom. The largest absolute Gasteiger partial charge is 0.350 e. The number of carbonyl (C=O) groups is 1. The molecule has 17 heavy (non-hydrogen) atoms. The average molecular weight is 256 g/mol. The lowest BCUT2D eigenvalue weighted by atomic mass is 10.2. The molecule has 3 N–H and O–H groups in total. The number of hydrogen-bond donors (Lipinski definition) is 2. The van der Waals surface area contributed by atoms with Crippen LogP contribution in [0.5, 0.6) is 0 Å². The van der Waals surface area contributed by atoms with E-state index in [1.807, 2.05) is 0 Å². The van der Waals surface area contributed by atoms with E-state index in [9.17, 15) is 13.2 Å². The fourth-order valence-electron chi connectivity index (χ4n) is 1.21. The van der Waals surface area contributed by atoms with Gasteiger partial charge in [0, 0.05) is 24.4 Å². The van der Waals surface area contributed by atoms with Crippen molar-refractivity contribution < 1.29 is 13.2 Å². The molecule has 0 aliphatic rings. The van der Waals surface area contributed by atoms with E-state index in [0.717, 1.165) is 6.26 Å². The maximum atomic E-state index is 11.6. The Kier molecular flexibility index (Phi) is 4.25. The summed E-state index contributed by atoms with van der Waals surface area (Å²) in [6.07, 6.45) is 1.12. The van der Waals surface area contributed by atoms with Crippen molar-refractivity contribution in [2.75, 3.05) is 12.8 Å². The fourth-order valence-corrected chi connectivity index (χ4v) is 1.84. The molecule has 0 aliphatic heterocycles. The standard InChI is InChI=1S/C11H16N2O3S/c1-8(12)7-13-11(14)9-3-5-10(6-4-9)17(2,15)16/h3-6,8H,7,12H2,1-2H3,(H,13,14). The van der Waals surface area contributed by atoms with Crippen LogP contribution >= 0.6 is 0 Å². The van der Waals surface area contributed by atoms with Crippen molar-refractivity contribution in [3.63, 3.8) is 0 Å². The smallest absolute Gasteiger partial charge is 0.251 e. The average Bonchev–Trinajstić information content (AvgIpc) is 2.25. The van der Waals surface area contributed by atoms with Gasteiger partial charge in [-0.3, -0.25) is 4.79 Å². The second-order valence-corrected chi connectivity index (χ2v) is 6.00. The predicted molar refractivity (Wildman–Crippen MR) is 65.5 cm³/mol. The SMILES string of the molecule is CC(N)CNC(=O)c1ccc(S(C)(=O)=O)cc1. The quantitative estimate of drug-likeness (QED) is 0.803. The van der Waals surface area contributed by atoms with E-state index in [1.165, 1.54) is 24.3 Å². The third-order valence-corrected chi connectivity index (χ3v) is 3.26. The van der Waals surface area contributed by atoms with Gasteiger partial charge in [-0.25, -0.2) is 8.42 Å². The Balaban J connectivity index is 2.78. The summed E-state index contributed by atoms with van der Waals surface area (Å²) in [6.45, 7) is 2.17. The van der Waals surface area contributed by atoms with Gasteiger partial charge in [0.1, 0.15) is 0 Å². The molecular formula is C11H16N2O3S. The molecule has 0 radical (unpaired) electrons. The van der Waals surface area contributed by atoms with Gasteiger partial charge in [-0.15, -0.1) is 0 Å². The van der Waals surface area contributed by atoms with Crippen LogP contribution in [0.2, 0.25) is 0 Å². The molecule has 6 heteroatoms. The molecule has 0 saturated heterocycles. The molecule has 0 aliphatic carbocycles. The molecule has 0 spiro atoms. The van der Waals surface area contributed by atoms with Crippen LogP contribution in [0.15, 0.2) is 29.2 Å². The second kappa shape index (κ2) is 5.29.